The van der Waals surface area contributed by atoms with Crippen LogP contribution in [0.5, 0.6) is 0 Å². The van der Waals surface area contributed by atoms with Gasteiger partial charge in [0.05, 0.1) is 5.97 Å². The highest BCUT2D eigenvalue weighted by atomic mass is 16.4. The highest BCUT2D eigenvalue weighted by Gasteiger charge is 1.96. The van der Waals surface area contributed by atoms with Crippen molar-refractivity contribution < 1.29 is 15.0 Å². The van der Waals surface area contributed by atoms with Crippen LogP contribution >= 0.6 is 0 Å². The van der Waals surface area contributed by atoms with Crippen molar-refractivity contribution in [3.05, 3.63) is 0 Å². The van der Waals surface area contributed by atoms with Crippen molar-refractivity contribution in [3.8, 4) is 11.8 Å². The molecule has 68 valence electrons. The summed E-state index contributed by atoms with van der Waals surface area (Å²) in [6, 6.07) is 0. The number of aliphatic hydroxyl groups excluding tert-OH is 1. The Labute approximate surface area is 72.4 Å². The standard InChI is InChI=1S/C9H14O3/c1-7(2)5-3-4-6-8(10)9(11)12/h7-8,10H,3,5H2,1-2H3,(H,11,12)/p-1. The number of hydrogen-bond acceptors (Lipinski definition) is 3. The second-order valence-electron chi connectivity index (χ2n) is 2.98. The quantitative estimate of drug-likeness (QED) is 0.581. The third-order valence-electron chi connectivity index (χ3n) is 1.31. The smallest absolute Gasteiger partial charge is 0.154 e. The number of carbonyl (C=O) groups is 1. The zero-order valence-corrected chi connectivity index (χ0v) is 7.33. The first-order chi connectivity index (χ1) is 5.54. The van der Waals surface area contributed by atoms with Crippen molar-refractivity contribution in [1.29, 1.82) is 0 Å². The third-order valence-corrected chi connectivity index (χ3v) is 1.31. The van der Waals surface area contributed by atoms with Crippen LogP contribution in [0.3, 0.4) is 0 Å². The van der Waals surface area contributed by atoms with Gasteiger partial charge < -0.3 is 15.0 Å². The Morgan fingerprint density at radius 2 is 2.17 bits per heavy atom. The van der Waals surface area contributed by atoms with Crippen molar-refractivity contribution in [2.75, 3.05) is 0 Å². The maximum absolute atomic E-state index is 9.96. The van der Waals surface area contributed by atoms with Crippen LogP contribution in [0.25, 0.3) is 0 Å². The molecule has 1 unspecified atom stereocenters. The largest absolute Gasteiger partial charge is 0.546 e. The monoisotopic (exact) mass is 169 g/mol. The molecule has 12 heavy (non-hydrogen) atoms. The summed E-state index contributed by atoms with van der Waals surface area (Å²) in [6.45, 7) is 4.10. The van der Waals surface area contributed by atoms with E-state index < -0.39 is 12.1 Å². The predicted molar refractivity (Wildman–Crippen MR) is 42.9 cm³/mol. The molecule has 0 aromatic heterocycles. The number of aliphatic hydroxyl groups is 1. The zero-order chi connectivity index (χ0) is 9.56. The van der Waals surface area contributed by atoms with Crippen LogP contribution in [-0.4, -0.2) is 17.2 Å². The molecule has 3 nitrogen and oxygen atoms in total. The minimum atomic E-state index is -1.64. The number of carboxylic acid groups (broad SMARTS) is 1. The van der Waals surface area contributed by atoms with E-state index >= 15 is 0 Å². The first-order valence-corrected chi connectivity index (χ1v) is 3.91. The summed E-state index contributed by atoms with van der Waals surface area (Å²) in [5, 5.41) is 18.6. The lowest BCUT2D eigenvalue weighted by Crippen LogP contribution is -2.34. The van der Waals surface area contributed by atoms with Gasteiger partial charge in [-0.1, -0.05) is 19.8 Å². The molecule has 0 radical (unpaired) electrons. The number of aliphatic carboxylic acids is 1. The SMILES string of the molecule is CC(C)CCC#CC(O)C(=O)[O-]. The molecule has 0 fully saturated rings. The van der Waals surface area contributed by atoms with Crippen molar-refractivity contribution in [1.82, 2.24) is 0 Å². The van der Waals surface area contributed by atoms with Gasteiger partial charge >= 0.3 is 0 Å². The molecule has 0 bridgehead atoms. The van der Waals surface area contributed by atoms with Gasteiger partial charge in [0.25, 0.3) is 0 Å². The molecule has 0 aliphatic rings. The summed E-state index contributed by atoms with van der Waals surface area (Å²) in [7, 11) is 0. The average molecular weight is 169 g/mol. The number of carboxylic acids is 1. The molecular weight excluding hydrogens is 156 g/mol. The highest BCUT2D eigenvalue weighted by molar-refractivity contribution is 5.73. The Kier molecular flexibility index (Phi) is 5.14. The minimum Gasteiger partial charge on any atom is -0.546 e. The van der Waals surface area contributed by atoms with E-state index in [0.29, 0.717) is 12.3 Å². The average Bonchev–Trinajstić information content (AvgIpc) is 1.97. The third kappa shape index (κ3) is 5.75. The highest BCUT2D eigenvalue weighted by Crippen LogP contribution is 2.01. The summed E-state index contributed by atoms with van der Waals surface area (Å²) in [5.74, 6) is 3.76. The van der Waals surface area contributed by atoms with Crippen LogP contribution in [0.1, 0.15) is 26.7 Å². The van der Waals surface area contributed by atoms with Crippen LogP contribution < -0.4 is 5.11 Å². The Morgan fingerprint density at radius 3 is 2.58 bits per heavy atom. The summed E-state index contributed by atoms with van der Waals surface area (Å²) >= 11 is 0. The number of carbonyl (C=O) groups excluding carboxylic acids is 1. The van der Waals surface area contributed by atoms with Gasteiger partial charge in [-0.3, -0.25) is 0 Å². The van der Waals surface area contributed by atoms with Crippen LogP contribution in [0.4, 0.5) is 0 Å². The molecule has 1 atom stereocenters. The van der Waals surface area contributed by atoms with Crippen molar-refractivity contribution in [3.63, 3.8) is 0 Å². The second kappa shape index (κ2) is 5.62. The first-order valence-electron chi connectivity index (χ1n) is 3.91. The Morgan fingerprint density at radius 1 is 1.58 bits per heavy atom. The maximum atomic E-state index is 9.96. The fraction of sp³-hybridized carbons (Fsp3) is 0.667. The Hall–Kier alpha value is -1.01. The Balaban J connectivity index is 3.66. The summed E-state index contributed by atoms with van der Waals surface area (Å²) < 4.78 is 0. The van der Waals surface area contributed by atoms with Gasteiger partial charge in [-0.15, -0.1) is 5.92 Å². The van der Waals surface area contributed by atoms with E-state index in [0.717, 1.165) is 6.42 Å². The van der Waals surface area contributed by atoms with Crippen LogP contribution in [0.2, 0.25) is 0 Å². The topological polar surface area (TPSA) is 60.4 Å². The summed E-state index contributed by atoms with van der Waals surface area (Å²) in [4.78, 5) is 9.96. The van der Waals surface area contributed by atoms with Crippen molar-refractivity contribution in [2.24, 2.45) is 5.92 Å². The molecule has 0 aliphatic carbocycles. The molecule has 0 aromatic rings. The molecule has 0 aromatic carbocycles. The molecular formula is C9H13O3-. The van der Waals surface area contributed by atoms with Crippen molar-refractivity contribution >= 4 is 5.97 Å². The molecule has 0 saturated heterocycles. The molecule has 0 aliphatic heterocycles. The maximum Gasteiger partial charge on any atom is 0.154 e. The van der Waals surface area contributed by atoms with Gasteiger partial charge in [0.2, 0.25) is 0 Å². The van der Waals surface area contributed by atoms with E-state index in [-0.39, 0.29) is 0 Å². The second-order valence-corrected chi connectivity index (χ2v) is 2.98. The fourth-order valence-corrected chi connectivity index (χ4v) is 0.589. The van der Waals surface area contributed by atoms with Crippen LogP contribution in [0, 0.1) is 17.8 Å². The van der Waals surface area contributed by atoms with Gasteiger partial charge in [-0.2, -0.15) is 0 Å². The van der Waals surface area contributed by atoms with E-state index in [4.69, 9.17) is 5.11 Å². The van der Waals surface area contributed by atoms with Gasteiger partial charge in [0.15, 0.2) is 6.10 Å². The molecule has 0 amide bonds. The van der Waals surface area contributed by atoms with Crippen molar-refractivity contribution in [2.45, 2.75) is 32.8 Å². The lowest BCUT2D eigenvalue weighted by Gasteiger charge is -2.02. The molecule has 0 rings (SSSR count). The van der Waals surface area contributed by atoms with Gasteiger partial charge in [-0.25, -0.2) is 0 Å². The normalized spacial score (nSPS) is 12.0. The number of rotatable bonds is 3. The van der Waals surface area contributed by atoms with Gasteiger partial charge in [0, 0.05) is 6.42 Å². The summed E-state index contributed by atoms with van der Waals surface area (Å²) in [5.41, 5.74) is 0. The van der Waals surface area contributed by atoms with E-state index in [1.165, 1.54) is 0 Å². The minimum absolute atomic E-state index is 0.541. The van der Waals surface area contributed by atoms with E-state index in [1.807, 2.05) is 0 Å². The van der Waals surface area contributed by atoms with Crippen LogP contribution in [-0.2, 0) is 4.79 Å². The Bertz CT molecular complexity index is 198. The molecule has 0 spiro atoms. The summed E-state index contributed by atoms with van der Waals surface area (Å²) in [6.07, 6.45) is -0.119. The molecule has 0 heterocycles. The van der Waals surface area contributed by atoms with E-state index in [9.17, 15) is 9.90 Å². The van der Waals surface area contributed by atoms with Gasteiger partial charge in [0.1, 0.15) is 0 Å². The van der Waals surface area contributed by atoms with Gasteiger partial charge in [-0.05, 0) is 12.3 Å². The zero-order valence-electron chi connectivity index (χ0n) is 7.33. The first kappa shape index (κ1) is 11.0. The lowest BCUT2D eigenvalue weighted by atomic mass is 10.1. The number of hydrogen-bond donors (Lipinski definition) is 1. The van der Waals surface area contributed by atoms with Crippen LogP contribution in [0.15, 0.2) is 0 Å². The molecule has 0 saturated carbocycles. The van der Waals surface area contributed by atoms with E-state index in [1.54, 1.807) is 0 Å². The fourth-order valence-electron chi connectivity index (χ4n) is 0.589. The lowest BCUT2D eigenvalue weighted by molar-refractivity contribution is -0.312. The van der Waals surface area contributed by atoms with E-state index in [2.05, 4.69) is 25.7 Å². The molecule has 3 heteroatoms. The molecule has 1 N–H and O–H groups in total. The predicted octanol–water partition coefficient (Wildman–Crippen LogP) is -0.463.